The highest BCUT2D eigenvalue weighted by Crippen LogP contribution is 2.27. The molecule has 4 rings (SSSR count). The third-order valence-corrected chi connectivity index (χ3v) is 5.78. The number of rotatable bonds is 8. The third kappa shape index (κ3) is 5.66. The van der Waals surface area contributed by atoms with E-state index in [0.717, 1.165) is 25.7 Å². The first-order valence-corrected chi connectivity index (χ1v) is 11.4. The number of benzene rings is 1. The van der Waals surface area contributed by atoms with Crippen molar-refractivity contribution in [2.24, 2.45) is 5.73 Å². The van der Waals surface area contributed by atoms with E-state index < -0.39 is 11.5 Å². The van der Waals surface area contributed by atoms with Crippen molar-refractivity contribution in [3.05, 3.63) is 59.9 Å². The van der Waals surface area contributed by atoms with Crippen LogP contribution in [0, 0.1) is 0 Å². The molecule has 0 unspecified atom stereocenters. The number of hydrogen-bond acceptors (Lipinski definition) is 6. The van der Waals surface area contributed by atoms with Gasteiger partial charge in [-0.2, -0.15) is 5.10 Å². The number of primary amides is 1. The lowest BCUT2D eigenvalue weighted by atomic mass is 9.92. The van der Waals surface area contributed by atoms with Crippen molar-refractivity contribution < 1.29 is 24.2 Å². The fourth-order valence-corrected chi connectivity index (χ4v) is 4.03. The number of para-hydroxylation sites is 1. The largest absolute Gasteiger partial charge is 0.490 e. The molecule has 1 aliphatic carbocycles. The Balaban J connectivity index is 1.33. The summed E-state index contributed by atoms with van der Waals surface area (Å²) in [6, 6.07) is 10.5. The summed E-state index contributed by atoms with van der Waals surface area (Å²) in [6.07, 6.45) is 6.24. The van der Waals surface area contributed by atoms with Gasteiger partial charge in [-0.3, -0.25) is 9.59 Å². The number of carbonyl (C=O) groups is 2. The summed E-state index contributed by atoms with van der Waals surface area (Å²) in [4.78, 5) is 24.5. The smallest absolute Gasteiger partial charge is 0.255 e. The van der Waals surface area contributed by atoms with Crippen molar-refractivity contribution in [1.29, 1.82) is 0 Å². The molecule has 0 spiro atoms. The standard InChI is InChI=1S/C25H30N4O5/c1-25(2,32)15-33-18-11-12-21-20(13-27-29(21)14-18)24(31)28-16-7-9-17(10-8-16)34-22-6-4-3-5-19(22)23(26)30/h3-6,11-14,16-17,32H,7-10,15H2,1-2H3,(H2,26,30)(H,28,31). The van der Waals surface area contributed by atoms with E-state index in [1.54, 1.807) is 61.1 Å². The molecule has 0 saturated heterocycles. The molecule has 9 nitrogen and oxygen atoms in total. The van der Waals surface area contributed by atoms with Crippen LogP contribution in [0.3, 0.4) is 0 Å². The van der Waals surface area contributed by atoms with Gasteiger partial charge in [-0.1, -0.05) is 12.1 Å². The lowest BCUT2D eigenvalue weighted by Gasteiger charge is -2.29. The number of aliphatic hydroxyl groups is 1. The average molecular weight is 467 g/mol. The first-order valence-electron chi connectivity index (χ1n) is 11.4. The predicted octanol–water partition coefficient (Wildman–Crippen LogP) is 2.70. The fourth-order valence-electron chi connectivity index (χ4n) is 4.03. The van der Waals surface area contributed by atoms with Crippen LogP contribution in [0.1, 0.15) is 60.2 Å². The van der Waals surface area contributed by atoms with Crippen molar-refractivity contribution in [2.45, 2.75) is 57.3 Å². The van der Waals surface area contributed by atoms with Crippen LogP contribution < -0.4 is 20.5 Å². The Bertz CT molecular complexity index is 1180. The Kier molecular flexibility index (Phi) is 6.74. The monoisotopic (exact) mass is 466 g/mol. The predicted molar refractivity (Wildman–Crippen MR) is 126 cm³/mol. The van der Waals surface area contributed by atoms with Gasteiger partial charge in [0.25, 0.3) is 11.8 Å². The van der Waals surface area contributed by atoms with Crippen LogP contribution in [-0.2, 0) is 0 Å². The van der Waals surface area contributed by atoms with E-state index in [0.29, 0.717) is 28.1 Å². The molecule has 3 aromatic rings. The minimum absolute atomic E-state index is 0.0306. The van der Waals surface area contributed by atoms with E-state index in [-0.39, 0.29) is 24.7 Å². The minimum atomic E-state index is -0.945. The molecule has 1 aliphatic rings. The van der Waals surface area contributed by atoms with Gasteiger partial charge in [-0.15, -0.1) is 0 Å². The second-order valence-electron chi connectivity index (χ2n) is 9.28. The number of pyridine rings is 1. The van der Waals surface area contributed by atoms with Gasteiger partial charge in [0.2, 0.25) is 0 Å². The van der Waals surface area contributed by atoms with E-state index in [4.69, 9.17) is 15.2 Å². The maximum absolute atomic E-state index is 12.9. The van der Waals surface area contributed by atoms with Crippen molar-refractivity contribution >= 4 is 17.3 Å². The molecule has 1 saturated carbocycles. The molecule has 2 heterocycles. The summed E-state index contributed by atoms with van der Waals surface area (Å²) in [5, 5.41) is 17.2. The molecule has 4 N–H and O–H groups in total. The van der Waals surface area contributed by atoms with Gasteiger partial charge in [-0.25, -0.2) is 4.52 Å². The van der Waals surface area contributed by atoms with Gasteiger partial charge < -0.3 is 25.6 Å². The Labute approximate surface area is 197 Å². The number of nitrogens with one attached hydrogen (secondary N) is 1. The highest BCUT2D eigenvalue weighted by Gasteiger charge is 2.26. The maximum atomic E-state index is 12.9. The lowest BCUT2D eigenvalue weighted by Crippen LogP contribution is -2.39. The van der Waals surface area contributed by atoms with Crippen LogP contribution in [0.4, 0.5) is 0 Å². The normalized spacial score (nSPS) is 18.4. The number of fused-ring (bicyclic) bond motifs is 1. The number of nitrogens with two attached hydrogens (primary N) is 1. The SMILES string of the molecule is CC(C)(O)COc1ccc2c(C(=O)NC3CCC(Oc4ccccc4C(N)=O)CC3)cnn2c1. The summed E-state index contributed by atoms with van der Waals surface area (Å²) >= 11 is 0. The van der Waals surface area contributed by atoms with Crippen LogP contribution in [0.5, 0.6) is 11.5 Å². The quantitative estimate of drug-likeness (QED) is 0.468. The minimum Gasteiger partial charge on any atom is -0.490 e. The van der Waals surface area contributed by atoms with Crippen LogP contribution >= 0.6 is 0 Å². The molecule has 0 aliphatic heterocycles. The molecule has 0 atom stereocenters. The Hall–Kier alpha value is -3.59. The van der Waals surface area contributed by atoms with E-state index in [1.807, 2.05) is 6.07 Å². The summed E-state index contributed by atoms with van der Waals surface area (Å²) in [5.74, 6) is 0.366. The second-order valence-corrected chi connectivity index (χ2v) is 9.28. The topological polar surface area (TPSA) is 128 Å². The van der Waals surface area contributed by atoms with Crippen molar-refractivity contribution in [1.82, 2.24) is 14.9 Å². The van der Waals surface area contributed by atoms with Crippen LogP contribution in [0.2, 0.25) is 0 Å². The molecule has 0 radical (unpaired) electrons. The number of aromatic nitrogens is 2. The molecule has 1 fully saturated rings. The Morgan fingerprint density at radius 1 is 1.15 bits per heavy atom. The van der Waals surface area contributed by atoms with Gasteiger partial charge in [0.1, 0.15) is 18.1 Å². The van der Waals surface area contributed by atoms with Gasteiger partial charge >= 0.3 is 0 Å². The Morgan fingerprint density at radius 3 is 2.59 bits per heavy atom. The first-order chi connectivity index (χ1) is 16.2. The van der Waals surface area contributed by atoms with Crippen LogP contribution in [0.15, 0.2) is 48.8 Å². The zero-order valence-electron chi connectivity index (χ0n) is 19.4. The first kappa shape index (κ1) is 23.6. The summed E-state index contributed by atoms with van der Waals surface area (Å²) in [5.41, 5.74) is 6.03. The highest BCUT2D eigenvalue weighted by molar-refractivity contribution is 6.00. The van der Waals surface area contributed by atoms with Crippen molar-refractivity contribution in [3.63, 3.8) is 0 Å². The van der Waals surface area contributed by atoms with E-state index in [9.17, 15) is 14.7 Å². The maximum Gasteiger partial charge on any atom is 0.255 e. The van der Waals surface area contributed by atoms with Crippen LogP contribution in [0.25, 0.3) is 5.52 Å². The molecule has 2 amide bonds. The van der Waals surface area contributed by atoms with E-state index >= 15 is 0 Å². The van der Waals surface area contributed by atoms with E-state index in [2.05, 4.69) is 10.4 Å². The zero-order chi connectivity index (χ0) is 24.3. The summed E-state index contributed by atoms with van der Waals surface area (Å²) in [6.45, 7) is 3.48. The van der Waals surface area contributed by atoms with Crippen molar-refractivity contribution in [3.8, 4) is 11.5 Å². The molecular weight excluding hydrogens is 436 g/mol. The van der Waals surface area contributed by atoms with Gasteiger partial charge in [-0.05, 0) is 63.8 Å². The van der Waals surface area contributed by atoms with Crippen LogP contribution in [-0.4, -0.2) is 50.9 Å². The molecule has 2 aromatic heterocycles. The second kappa shape index (κ2) is 9.72. The van der Waals surface area contributed by atoms with E-state index in [1.165, 1.54) is 0 Å². The number of nitrogens with zero attached hydrogens (tertiary/aromatic N) is 2. The van der Waals surface area contributed by atoms with Gasteiger partial charge in [0, 0.05) is 6.04 Å². The molecule has 1 aromatic carbocycles. The highest BCUT2D eigenvalue weighted by atomic mass is 16.5. The molecule has 180 valence electrons. The van der Waals surface area contributed by atoms with Gasteiger partial charge in [0.15, 0.2) is 0 Å². The molecule has 0 bridgehead atoms. The Morgan fingerprint density at radius 2 is 1.88 bits per heavy atom. The van der Waals surface area contributed by atoms with Crippen molar-refractivity contribution in [2.75, 3.05) is 6.61 Å². The summed E-state index contributed by atoms with van der Waals surface area (Å²) in [7, 11) is 0. The number of carbonyl (C=O) groups excluding carboxylic acids is 2. The lowest BCUT2D eigenvalue weighted by molar-refractivity contribution is 0.0283. The molecule has 9 heteroatoms. The number of hydrogen-bond donors (Lipinski definition) is 3. The fraction of sp³-hybridized carbons (Fsp3) is 0.400. The zero-order valence-corrected chi connectivity index (χ0v) is 19.4. The third-order valence-electron chi connectivity index (χ3n) is 5.78. The average Bonchev–Trinajstić information content (AvgIpc) is 3.22. The molecular formula is C25H30N4O5. The van der Waals surface area contributed by atoms with Gasteiger partial charge in [0.05, 0.1) is 40.7 Å². The number of amides is 2. The molecule has 34 heavy (non-hydrogen) atoms. The number of ether oxygens (including phenoxy) is 2. The summed E-state index contributed by atoms with van der Waals surface area (Å²) < 4.78 is 13.2.